The van der Waals surface area contributed by atoms with Crippen molar-refractivity contribution < 1.29 is 22.8 Å². The molecule has 1 aromatic carbocycles. The third-order valence-corrected chi connectivity index (χ3v) is 2.38. The first-order valence-corrected chi connectivity index (χ1v) is 4.85. The standard InChI is InChI=1S/C10H12F3N3O2/c11-10(12,13)8(18-16)7(14)5-1-3-6(4-2-5)9(15)17/h1-4,7-8H,14,16H2,(H2,15,17)/t7-,8?/m0/s1. The molecule has 1 rings (SSSR count). The molecule has 0 aliphatic heterocycles. The van der Waals surface area contributed by atoms with E-state index in [1.165, 1.54) is 24.3 Å². The fourth-order valence-corrected chi connectivity index (χ4v) is 1.41. The topological polar surface area (TPSA) is 104 Å². The Bertz CT molecular complexity index is 419. The average molecular weight is 263 g/mol. The number of carbonyl (C=O) groups excluding carboxylic acids is 1. The highest BCUT2D eigenvalue weighted by atomic mass is 19.4. The number of benzene rings is 1. The van der Waals surface area contributed by atoms with Gasteiger partial charge in [-0.25, -0.2) is 5.90 Å². The molecule has 0 aliphatic carbocycles. The van der Waals surface area contributed by atoms with Gasteiger partial charge in [0.2, 0.25) is 5.91 Å². The van der Waals surface area contributed by atoms with Crippen molar-refractivity contribution in [2.24, 2.45) is 17.4 Å². The van der Waals surface area contributed by atoms with Crippen molar-refractivity contribution >= 4 is 5.91 Å². The average Bonchev–Trinajstić information content (AvgIpc) is 2.28. The van der Waals surface area contributed by atoms with Gasteiger partial charge in [0, 0.05) is 5.56 Å². The number of nitrogens with two attached hydrogens (primary N) is 3. The minimum absolute atomic E-state index is 0.132. The molecule has 0 heterocycles. The highest BCUT2D eigenvalue weighted by Gasteiger charge is 2.45. The van der Waals surface area contributed by atoms with E-state index in [4.69, 9.17) is 11.5 Å². The Labute approximate surface area is 101 Å². The van der Waals surface area contributed by atoms with Crippen LogP contribution in [0.3, 0.4) is 0 Å². The summed E-state index contributed by atoms with van der Waals surface area (Å²) in [6.45, 7) is 0. The van der Waals surface area contributed by atoms with Gasteiger partial charge in [-0.05, 0) is 17.7 Å². The predicted octanol–water partition coefficient (Wildman–Crippen LogP) is 0.607. The molecule has 0 aromatic heterocycles. The number of amides is 1. The lowest BCUT2D eigenvalue weighted by atomic mass is 10.0. The van der Waals surface area contributed by atoms with Crippen LogP contribution in [0.25, 0.3) is 0 Å². The van der Waals surface area contributed by atoms with Crippen molar-refractivity contribution in [2.75, 3.05) is 0 Å². The van der Waals surface area contributed by atoms with Crippen LogP contribution < -0.4 is 17.4 Å². The van der Waals surface area contributed by atoms with Crippen molar-refractivity contribution in [2.45, 2.75) is 18.3 Å². The summed E-state index contributed by atoms with van der Waals surface area (Å²) in [7, 11) is 0. The van der Waals surface area contributed by atoms with Crippen LogP contribution in [0.4, 0.5) is 13.2 Å². The molecule has 0 saturated carbocycles. The molecule has 8 heteroatoms. The van der Waals surface area contributed by atoms with Gasteiger partial charge in [-0.2, -0.15) is 13.2 Å². The minimum atomic E-state index is -4.68. The molecule has 0 spiro atoms. The van der Waals surface area contributed by atoms with Crippen molar-refractivity contribution in [1.29, 1.82) is 0 Å². The van der Waals surface area contributed by atoms with E-state index in [1.54, 1.807) is 0 Å². The third-order valence-electron chi connectivity index (χ3n) is 2.38. The molecule has 6 N–H and O–H groups in total. The Morgan fingerprint density at radius 2 is 1.72 bits per heavy atom. The summed E-state index contributed by atoms with van der Waals surface area (Å²) in [6, 6.07) is 3.60. The molecule has 100 valence electrons. The number of halogens is 3. The lowest BCUT2D eigenvalue weighted by Gasteiger charge is -2.24. The molecule has 0 saturated heterocycles. The number of primary amides is 1. The number of hydrogen-bond acceptors (Lipinski definition) is 4. The fraction of sp³-hybridized carbons (Fsp3) is 0.300. The van der Waals surface area contributed by atoms with Gasteiger partial charge in [-0.3, -0.25) is 9.63 Å². The normalized spacial score (nSPS) is 15.2. The molecular formula is C10H12F3N3O2. The molecule has 0 bridgehead atoms. The van der Waals surface area contributed by atoms with Gasteiger partial charge in [0.1, 0.15) is 0 Å². The summed E-state index contributed by atoms with van der Waals surface area (Å²) >= 11 is 0. The summed E-state index contributed by atoms with van der Waals surface area (Å²) in [4.78, 5) is 14.7. The van der Waals surface area contributed by atoms with E-state index < -0.39 is 24.2 Å². The first kappa shape index (κ1) is 14.4. The predicted molar refractivity (Wildman–Crippen MR) is 57.0 cm³/mol. The van der Waals surface area contributed by atoms with E-state index >= 15 is 0 Å². The van der Waals surface area contributed by atoms with Crippen molar-refractivity contribution in [3.63, 3.8) is 0 Å². The zero-order valence-corrected chi connectivity index (χ0v) is 9.15. The van der Waals surface area contributed by atoms with Crippen molar-refractivity contribution in [3.8, 4) is 0 Å². The van der Waals surface area contributed by atoms with Gasteiger partial charge in [-0.1, -0.05) is 12.1 Å². The van der Waals surface area contributed by atoms with E-state index in [0.717, 1.165) is 0 Å². The first-order valence-electron chi connectivity index (χ1n) is 4.85. The van der Waals surface area contributed by atoms with E-state index in [0.29, 0.717) is 0 Å². The van der Waals surface area contributed by atoms with Crippen LogP contribution in [-0.2, 0) is 4.84 Å². The third kappa shape index (κ3) is 3.19. The van der Waals surface area contributed by atoms with E-state index in [9.17, 15) is 18.0 Å². The zero-order valence-electron chi connectivity index (χ0n) is 9.15. The van der Waals surface area contributed by atoms with Crippen LogP contribution in [0.5, 0.6) is 0 Å². The summed E-state index contributed by atoms with van der Waals surface area (Å²) in [6.07, 6.45) is -7.01. The zero-order chi connectivity index (χ0) is 13.9. The molecule has 0 aliphatic rings. The number of rotatable bonds is 4. The Balaban J connectivity index is 2.96. The lowest BCUT2D eigenvalue weighted by molar-refractivity contribution is -0.228. The van der Waals surface area contributed by atoms with E-state index in [-0.39, 0.29) is 11.1 Å². The maximum Gasteiger partial charge on any atom is 0.418 e. The van der Waals surface area contributed by atoms with E-state index in [1.807, 2.05) is 0 Å². The quantitative estimate of drug-likeness (QED) is 0.692. The summed E-state index contributed by atoms with van der Waals surface area (Å²) in [5.41, 5.74) is 10.7. The second-order valence-corrected chi connectivity index (χ2v) is 3.61. The van der Waals surface area contributed by atoms with Crippen LogP contribution in [0, 0.1) is 0 Å². The van der Waals surface area contributed by atoms with Crippen LogP contribution in [0.15, 0.2) is 24.3 Å². The highest BCUT2D eigenvalue weighted by Crippen LogP contribution is 2.30. The molecule has 5 nitrogen and oxygen atoms in total. The van der Waals surface area contributed by atoms with Gasteiger partial charge in [0.15, 0.2) is 6.10 Å². The van der Waals surface area contributed by atoms with Crippen molar-refractivity contribution in [1.82, 2.24) is 0 Å². The Morgan fingerprint density at radius 1 is 1.22 bits per heavy atom. The summed E-state index contributed by atoms with van der Waals surface area (Å²) in [5, 5.41) is 0. The number of carbonyl (C=O) groups is 1. The number of alkyl halides is 3. The monoisotopic (exact) mass is 263 g/mol. The van der Waals surface area contributed by atoms with Gasteiger partial charge in [-0.15, -0.1) is 0 Å². The second kappa shape index (κ2) is 5.34. The van der Waals surface area contributed by atoms with Gasteiger partial charge >= 0.3 is 6.18 Å². The fourth-order valence-electron chi connectivity index (χ4n) is 1.41. The van der Waals surface area contributed by atoms with Crippen molar-refractivity contribution in [3.05, 3.63) is 35.4 Å². The lowest BCUT2D eigenvalue weighted by Crippen LogP contribution is -2.42. The number of hydrogen-bond donors (Lipinski definition) is 3. The van der Waals surface area contributed by atoms with Gasteiger partial charge in [0.25, 0.3) is 0 Å². The smallest absolute Gasteiger partial charge is 0.366 e. The Hall–Kier alpha value is -1.64. The second-order valence-electron chi connectivity index (χ2n) is 3.61. The molecule has 1 aromatic rings. The summed E-state index contributed by atoms with van der Waals surface area (Å²) in [5.74, 6) is 3.92. The van der Waals surface area contributed by atoms with Crippen LogP contribution in [0.1, 0.15) is 22.0 Å². The molecule has 0 fully saturated rings. The SMILES string of the molecule is NOC([C@@H](N)c1ccc(C(N)=O)cc1)C(F)(F)F. The summed E-state index contributed by atoms with van der Waals surface area (Å²) < 4.78 is 37.5. The van der Waals surface area contributed by atoms with Crippen LogP contribution >= 0.6 is 0 Å². The van der Waals surface area contributed by atoms with Crippen LogP contribution in [0.2, 0.25) is 0 Å². The maximum atomic E-state index is 12.5. The molecule has 18 heavy (non-hydrogen) atoms. The largest absolute Gasteiger partial charge is 0.418 e. The minimum Gasteiger partial charge on any atom is -0.366 e. The highest BCUT2D eigenvalue weighted by molar-refractivity contribution is 5.92. The maximum absolute atomic E-state index is 12.5. The molecule has 1 unspecified atom stereocenters. The molecular weight excluding hydrogens is 251 g/mol. The first-order chi connectivity index (χ1) is 8.27. The Kier molecular flexibility index (Phi) is 4.28. The Morgan fingerprint density at radius 3 is 2.06 bits per heavy atom. The van der Waals surface area contributed by atoms with E-state index in [2.05, 4.69) is 10.7 Å². The molecule has 0 radical (unpaired) electrons. The van der Waals surface area contributed by atoms with Gasteiger partial charge in [0.05, 0.1) is 6.04 Å². The molecule has 1 amide bonds. The van der Waals surface area contributed by atoms with Gasteiger partial charge < -0.3 is 11.5 Å². The van der Waals surface area contributed by atoms with Crippen LogP contribution in [-0.4, -0.2) is 18.2 Å². The molecule has 2 atom stereocenters.